The van der Waals surface area contributed by atoms with E-state index in [1.807, 2.05) is 17.9 Å². The summed E-state index contributed by atoms with van der Waals surface area (Å²) in [7, 11) is 1.94. The van der Waals surface area contributed by atoms with Crippen LogP contribution in [-0.2, 0) is 12.6 Å². The molecule has 0 radical (unpaired) electrons. The molecule has 2 aromatic heterocycles. The SMILES string of the molecule is CCNC(=NCC(C)(O)c1ccco1)N1CCC(c2cnn(C)c2)C1. The highest BCUT2D eigenvalue weighted by molar-refractivity contribution is 5.80. The van der Waals surface area contributed by atoms with Crippen molar-refractivity contribution in [2.24, 2.45) is 12.0 Å². The number of aromatic nitrogens is 2. The lowest BCUT2D eigenvalue weighted by molar-refractivity contribution is 0.0435. The zero-order valence-corrected chi connectivity index (χ0v) is 15.1. The average Bonchev–Trinajstić information content (AvgIpc) is 3.31. The number of hydrogen-bond donors (Lipinski definition) is 2. The number of nitrogens with one attached hydrogen (secondary N) is 1. The molecule has 0 saturated carbocycles. The number of furan rings is 1. The van der Waals surface area contributed by atoms with Gasteiger partial charge in [-0.25, -0.2) is 4.99 Å². The molecular weight excluding hydrogens is 318 g/mol. The first-order valence-electron chi connectivity index (χ1n) is 8.78. The Morgan fingerprint density at radius 3 is 3.04 bits per heavy atom. The van der Waals surface area contributed by atoms with Crippen LogP contribution in [-0.4, -0.2) is 51.9 Å². The van der Waals surface area contributed by atoms with Crippen LogP contribution in [0.2, 0.25) is 0 Å². The molecule has 0 amide bonds. The molecule has 25 heavy (non-hydrogen) atoms. The third kappa shape index (κ3) is 4.04. The summed E-state index contributed by atoms with van der Waals surface area (Å²) in [6.07, 6.45) is 6.67. The number of aryl methyl sites for hydroxylation is 1. The van der Waals surface area contributed by atoms with Crippen molar-refractivity contribution >= 4 is 5.96 Å². The molecule has 2 aromatic rings. The van der Waals surface area contributed by atoms with Crippen LogP contribution in [0.1, 0.15) is 37.5 Å². The molecule has 0 spiro atoms. The molecule has 7 nitrogen and oxygen atoms in total. The van der Waals surface area contributed by atoms with Crippen molar-refractivity contribution in [1.82, 2.24) is 20.0 Å². The summed E-state index contributed by atoms with van der Waals surface area (Å²) >= 11 is 0. The second-order valence-electron chi connectivity index (χ2n) is 6.80. The molecule has 0 aromatic carbocycles. The van der Waals surface area contributed by atoms with Gasteiger partial charge in [0.25, 0.3) is 0 Å². The first kappa shape index (κ1) is 17.5. The third-order valence-corrected chi connectivity index (χ3v) is 4.61. The Bertz CT molecular complexity index is 705. The van der Waals surface area contributed by atoms with E-state index in [9.17, 15) is 5.11 Å². The largest absolute Gasteiger partial charge is 0.466 e. The zero-order valence-electron chi connectivity index (χ0n) is 15.1. The Kier molecular flexibility index (Phi) is 5.13. The van der Waals surface area contributed by atoms with Crippen LogP contribution in [0.3, 0.4) is 0 Å². The van der Waals surface area contributed by atoms with Crippen molar-refractivity contribution in [3.05, 3.63) is 42.1 Å². The Morgan fingerprint density at radius 1 is 1.56 bits per heavy atom. The Morgan fingerprint density at radius 2 is 2.40 bits per heavy atom. The molecule has 3 rings (SSSR count). The van der Waals surface area contributed by atoms with E-state index in [0.29, 0.717) is 11.7 Å². The minimum Gasteiger partial charge on any atom is -0.466 e. The van der Waals surface area contributed by atoms with E-state index in [4.69, 9.17) is 4.42 Å². The summed E-state index contributed by atoms with van der Waals surface area (Å²) in [6.45, 7) is 6.65. The van der Waals surface area contributed by atoms with Crippen LogP contribution in [0.15, 0.2) is 40.2 Å². The lowest BCUT2D eigenvalue weighted by Gasteiger charge is -2.24. The molecule has 2 unspecified atom stereocenters. The number of likely N-dealkylation sites (tertiary alicyclic amines) is 1. The van der Waals surface area contributed by atoms with Crippen molar-refractivity contribution in [2.75, 3.05) is 26.2 Å². The maximum absolute atomic E-state index is 10.6. The lowest BCUT2D eigenvalue weighted by Crippen LogP contribution is -2.41. The molecule has 2 N–H and O–H groups in total. The number of hydrogen-bond acceptors (Lipinski definition) is 4. The third-order valence-electron chi connectivity index (χ3n) is 4.61. The predicted octanol–water partition coefficient (Wildman–Crippen LogP) is 1.68. The Balaban J connectivity index is 1.68. The lowest BCUT2D eigenvalue weighted by atomic mass is 10.0. The topological polar surface area (TPSA) is 78.8 Å². The summed E-state index contributed by atoms with van der Waals surface area (Å²) < 4.78 is 7.18. The van der Waals surface area contributed by atoms with E-state index in [2.05, 4.69) is 33.4 Å². The van der Waals surface area contributed by atoms with Gasteiger partial charge in [0.05, 0.1) is 19.0 Å². The molecular formula is C18H27N5O2. The molecule has 1 aliphatic heterocycles. The van der Waals surface area contributed by atoms with Gasteiger partial charge < -0.3 is 19.7 Å². The van der Waals surface area contributed by atoms with E-state index in [1.165, 1.54) is 5.56 Å². The average molecular weight is 345 g/mol. The highest BCUT2D eigenvalue weighted by Gasteiger charge is 2.29. The molecule has 2 atom stereocenters. The quantitative estimate of drug-likeness (QED) is 0.637. The van der Waals surface area contributed by atoms with Gasteiger partial charge in [-0.2, -0.15) is 5.10 Å². The molecule has 1 fully saturated rings. The second kappa shape index (κ2) is 7.31. The summed E-state index contributed by atoms with van der Waals surface area (Å²) in [5, 5.41) is 18.2. The Hall–Kier alpha value is -2.28. The van der Waals surface area contributed by atoms with Crippen LogP contribution in [0.5, 0.6) is 0 Å². The predicted molar refractivity (Wildman–Crippen MR) is 96.4 cm³/mol. The monoisotopic (exact) mass is 345 g/mol. The van der Waals surface area contributed by atoms with E-state index in [-0.39, 0.29) is 6.54 Å². The van der Waals surface area contributed by atoms with Crippen LogP contribution < -0.4 is 5.32 Å². The van der Waals surface area contributed by atoms with Gasteiger partial charge in [-0.05, 0) is 38.0 Å². The van der Waals surface area contributed by atoms with Crippen LogP contribution >= 0.6 is 0 Å². The van der Waals surface area contributed by atoms with Gasteiger partial charge in [0, 0.05) is 38.8 Å². The normalized spacial score (nSPS) is 20.7. The number of aliphatic hydroxyl groups is 1. The van der Waals surface area contributed by atoms with Gasteiger partial charge in [0.2, 0.25) is 0 Å². The van der Waals surface area contributed by atoms with E-state index in [1.54, 1.807) is 25.3 Å². The maximum atomic E-state index is 10.6. The minimum absolute atomic E-state index is 0.247. The number of guanidine groups is 1. The first-order valence-corrected chi connectivity index (χ1v) is 8.78. The van der Waals surface area contributed by atoms with Gasteiger partial charge in [-0.15, -0.1) is 0 Å². The summed E-state index contributed by atoms with van der Waals surface area (Å²) in [5.74, 6) is 1.82. The van der Waals surface area contributed by atoms with Gasteiger partial charge >= 0.3 is 0 Å². The first-order chi connectivity index (χ1) is 12.0. The summed E-state index contributed by atoms with van der Waals surface area (Å²) in [4.78, 5) is 6.91. The molecule has 136 valence electrons. The Labute approximate surface area is 148 Å². The second-order valence-corrected chi connectivity index (χ2v) is 6.80. The smallest absolute Gasteiger partial charge is 0.194 e. The molecule has 0 bridgehead atoms. The fourth-order valence-corrected chi connectivity index (χ4v) is 3.19. The van der Waals surface area contributed by atoms with Gasteiger partial charge in [-0.1, -0.05) is 0 Å². The van der Waals surface area contributed by atoms with E-state index < -0.39 is 5.60 Å². The van der Waals surface area contributed by atoms with E-state index in [0.717, 1.165) is 32.0 Å². The highest BCUT2D eigenvalue weighted by Crippen LogP contribution is 2.27. The highest BCUT2D eigenvalue weighted by atomic mass is 16.4. The van der Waals surface area contributed by atoms with Crippen molar-refractivity contribution < 1.29 is 9.52 Å². The van der Waals surface area contributed by atoms with E-state index >= 15 is 0 Å². The van der Waals surface area contributed by atoms with Crippen molar-refractivity contribution in [3.8, 4) is 0 Å². The fraction of sp³-hybridized carbons (Fsp3) is 0.556. The molecule has 0 aliphatic carbocycles. The van der Waals surface area contributed by atoms with Gasteiger partial charge in [0.1, 0.15) is 11.4 Å². The van der Waals surface area contributed by atoms with Gasteiger partial charge in [-0.3, -0.25) is 4.68 Å². The molecule has 7 heteroatoms. The van der Waals surface area contributed by atoms with Gasteiger partial charge in [0.15, 0.2) is 5.96 Å². The number of rotatable bonds is 5. The zero-order chi connectivity index (χ0) is 17.9. The molecule has 1 aliphatic rings. The standard InChI is InChI=1S/C18H27N5O2/c1-4-19-17(20-13-18(2,24)16-6-5-9-25-16)23-8-7-14(12-23)15-10-21-22(3)11-15/h5-6,9-11,14,24H,4,7-8,12-13H2,1-3H3,(H,19,20). The van der Waals surface area contributed by atoms with Crippen molar-refractivity contribution in [1.29, 1.82) is 0 Å². The molecule has 1 saturated heterocycles. The summed E-state index contributed by atoms with van der Waals surface area (Å²) in [6, 6.07) is 3.55. The molecule has 3 heterocycles. The maximum Gasteiger partial charge on any atom is 0.194 e. The van der Waals surface area contributed by atoms with Crippen molar-refractivity contribution in [2.45, 2.75) is 31.8 Å². The minimum atomic E-state index is -1.12. The van der Waals surface area contributed by atoms with Crippen LogP contribution in [0, 0.1) is 0 Å². The fourth-order valence-electron chi connectivity index (χ4n) is 3.19. The number of aliphatic imine (C=N–C) groups is 1. The van der Waals surface area contributed by atoms with Crippen LogP contribution in [0.25, 0.3) is 0 Å². The van der Waals surface area contributed by atoms with Crippen LogP contribution in [0.4, 0.5) is 0 Å². The summed E-state index contributed by atoms with van der Waals surface area (Å²) in [5.41, 5.74) is 0.149. The van der Waals surface area contributed by atoms with Crippen molar-refractivity contribution in [3.63, 3.8) is 0 Å². The number of nitrogens with zero attached hydrogens (tertiary/aromatic N) is 4.